The van der Waals surface area contributed by atoms with E-state index in [9.17, 15) is 18.0 Å². The maximum absolute atomic E-state index is 13.1. The van der Waals surface area contributed by atoms with Crippen LogP contribution < -0.4 is 19.2 Å². The van der Waals surface area contributed by atoms with Crippen LogP contribution in [0.2, 0.25) is 0 Å². The van der Waals surface area contributed by atoms with Crippen molar-refractivity contribution in [3.8, 4) is 5.75 Å². The minimum absolute atomic E-state index is 0.0961. The molecule has 160 valence electrons. The van der Waals surface area contributed by atoms with Crippen molar-refractivity contribution in [2.24, 2.45) is 7.05 Å². The highest BCUT2D eigenvalue weighted by Crippen LogP contribution is 2.27. The summed E-state index contributed by atoms with van der Waals surface area (Å²) in [6.45, 7) is 1.74. The minimum atomic E-state index is -3.75. The molecule has 1 aromatic heterocycles. The zero-order valence-electron chi connectivity index (χ0n) is 17.1. The second kappa shape index (κ2) is 8.49. The van der Waals surface area contributed by atoms with Gasteiger partial charge in [-0.15, -0.1) is 0 Å². The number of methoxy groups -OCH3 is 1. The van der Waals surface area contributed by atoms with Crippen molar-refractivity contribution in [1.29, 1.82) is 0 Å². The number of thiazole rings is 1. The summed E-state index contributed by atoms with van der Waals surface area (Å²) in [7, 11) is -0.581. The van der Waals surface area contributed by atoms with Crippen molar-refractivity contribution in [3.63, 3.8) is 0 Å². The van der Waals surface area contributed by atoms with Crippen LogP contribution in [0.5, 0.6) is 5.75 Å². The number of aryl methyl sites for hydroxylation is 1. The molecular formula is C20H23N3O5S2. The highest BCUT2D eigenvalue weighted by atomic mass is 32.2. The fourth-order valence-corrected chi connectivity index (χ4v) is 5.37. The lowest BCUT2D eigenvalue weighted by Crippen LogP contribution is -2.47. The first-order chi connectivity index (χ1) is 14.2. The van der Waals surface area contributed by atoms with Crippen LogP contribution in [0.3, 0.4) is 0 Å². The van der Waals surface area contributed by atoms with Crippen LogP contribution in [-0.4, -0.2) is 38.3 Å². The SMILES string of the molecule is CC[C@H](C(=O)Nc1ccc2c(c1)sc(=O)n2C)N(c1cccc(OC)c1)S(C)(=O)=O. The standard InChI is InChI=1S/C20H23N3O5S2/c1-5-16(23(30(4,26)27)14-7-6-8-15(12-14)28-3)19(24)21-13-9-10-17-18(11-13)29-20(25)22(17)2/h6-12,16H,5H2,1-4H3,(H,21,24)/t16-/m1/s1. The van der Waals surface area contributed by atoms with Crippen molar-refractivity contribution >= 4 is 48.9 Å². The summed E-state index contributed by atoms with van der Waals surface area (Å²) in [5.41, 5.74) is 1.60. The van der Waals surface area contributed by atoms with Gasteiger partial charge in [0.15, 0.2) is 0 Å². The van der Waals surface area contributed by atoms with E-state index in [4.69, 9.17) is 4.74 Å². The summed E-state index contributed by atoms with van der Waals surface area (Å²) >= 11 is 1.08. The van der Waals surface area contributed by atoms with Gasteiger partial charge in [-0.25, -0.2) is 8.42 Å². The first kappa shape index (κ1) is 21.8. The van der Waals surface area contributed by atoms with E-state index in [1.54, 1.807) is 56.4 Å². The third-order valence-electron chi connectivity index (χ3n) is 4.70. The zero-order chi connectivity index (χ0) is 22.1. The molecule has 0 saturated carbocycles. The Kier molecular flexibility index (Phi) is 6.18. The number of anilines is 2. The number of hydrogen-bond donors (Lipinski definition) is 1. The first-order valence-electron chi connectivity index (χ1n) is 9.19. The molecule has 1 N–H and O–H groups in total. The topological polar surface area (TPSA) is 97.7 Å². The molecule has 10 heteroatoms. The van der Waals surface area contributed by atoms with Gasteiger partial charge in [-0.2, -0.15) is 0 Å². The molecule has 8 nitrogen and oxygen atoms in total. The number of nitrogens with one attached hydrogen (secondary N) is 1. The van der Waals surface area contributed by atoms with Crippen LogP contribution in [0.1, 0.15) is 13.3 Å². The zero-order valence-corrected chi connectivity index (χ0v) is 18.7. The lowest BCUT2D eigenvalue weighted by atomic mass is 10.1. The Morgan fingerprint density at radius 2 is 2.00 bits per heavy atom. The van der Waals surface area contributed by atoms with Gasteiger partial charge in [-0.1, -0.05) is 24.3 Å². The molecule has 0 saturated heterocycles. The number of hydrogen-bond acceptors (Lipinski definition) is 6. The monoisotopic (exact) mass is 449 g/mol. The fourth-order valence-electron chi connectivity index (χ4n) is 3.25. The lowest BCUT2D eigenvalue weighted by molar-refractivity contribution is -0.117. The van der Waals surface area contributed by atoms with Crippen LogP contribution >= 0.6 is 11.3 Å². The third kappa shape index (κ3) is 4.34. The van der Waals surface area contributed by atoms with E-state index < -0.39 is 22.0 Å². The van der Waals surface area contributed by atoms with Gasteiger partial charge in [0.2, 0.25) is 15.9 Å². The predicted octanol–water partition coefficient (Wildman–Crippen LogP) is 2.79. The normalized spacial score (nSPS) is 12.5. The molecule has 0 radical (unpaired) electrons. The summed E-state index contributed by atoms with van der Waals surface area (Å²) < 4.78 is 33.7. The molecule has 30 heavy (non-hydrogen) atoms. The van der Waals surface area contributed by atoms with Gasteiger partial charge in [0, 0.05) is 18.8 Å². The molecule has 2 aromatic carbocycles. The smallest absolute Gasteiger partial charge is 0.307 e. The van der Waals surface area contributed by atoms with Crippen LogP contribution in [-0.2, 0) is 21.9 Å². The molecule has 0 fully saturated rings. The Hall–Kier alpha value is -2.85. The Morgan fingerprint density at radius 1 is 1.27 bits per heavy atom. The molecular weight excluding hydrogens is 426 g/mol. The molecule has 0 unspecified atom stereocenters. The molecule has 0 aliphatic rings. The van der Waals surface area contributed by atoms with Crippen molar-refractivity contribution in [3.05, 3.63) is 52.1 Å². The van der Waals surface area contributed by atoms with Crippen LogP contribution in [0.25, 0.3) is 10.2 Å². The van der Waals surface area contributed by atoms with Gasteiger partial charge >= 0.3 is 4.87 Å². The van der Waals surface area contributed by atoms with E-state index in [2.05, 4.69) is 5.32 Å². The second-order valence-electron chi connectivity index (χ2n) is 6.78. The molecule has 1 amide bonds. The quantitative estimate of drug-likeness (QED) is 0.598. The maximum Gasteiger partial charge on any atom is 0.307 e. The summed E-state index contributed by atoms with van der Waals surface area (Å²) in [6.07, 6.45) is 1.33. The van der Waals surface area contributed by atoms with Crippen LogP contribution in [0.4, 0.5) is 11.4 Å². The van der Waals surface area contributed by atoms with Gasteiger partial charge < -0.3 is 14.6 Å². The number of aromatic nitrogens is 1. The lowest BCUT2D eigenvalue weighted by Gasteiger charge is -2.30. The van der Waals surface area contributed by atoms with Crippen molar-refractivity contribution in [1.82, 2.24) is 4.57 Å². The van der Waals surface area contributed by atoms with Crippen molar-refractivity contribution < 1.29 is 17.9 Å². The largest absolute Gasteiger partial charge is 0.497 e. The highest BCUT2D eigenvalue weighted by Gasteiger charge is 2.31. The Balaban J connectivity index is 1.95. The van der Waals surface area contributed by atoms with Gasteiger partial charge in [0.05, 0.1) is 29.3 Å². The van der Waals surface area contributed by atoms with Crippen LogP contribution in [0.15, 0.2) is 47.3 Å². The molecule has 0 aliphatic carbocycles. The van der Waals surface area contributed by atoms with Crippen molar-refractivity contribution in [2.75, 3.05) is 23.0 Å². The van der Waals surface area contributed by atoms with E-state index >= 15 is 0 Å². The molecule has 1 atom stereocenters. The Morgan fingerprint density at radius 3 is 2.63 bits per heavy atom. The number of rotatable bonds is 7. The summed E-state index contributed by atoms with van der Waals surface area (Å²) in [5.74, 6) is 0.0224. The molecule has 3 rings (SSSR count). The maximum atomic E-state index is 13.1. The van der Waals surface area contributed by atoms with Gasteiger partial charge in [0.1, 0.15) is 11.8 Å². The molecule has 0 bridgehead atoms. The van der Waals surface area contributed by atoms with E-state index in [1.807, 2.05) is 0 Å². The van der Waals surface area contributed by atoms with Crippen molar-refractivity contribution in [2.45, 2.75) is 19.4 Å². The second-order valence-corrected chi connectivity index (χ2v) is 9.64. The Labute approximate surface area is 178 Å². The number of carbonyl (C=O) groups excluding carboxylic acids is 1. The minimum Gasteiger partial charge on any atom is -0.497 e. The number of fused-ring (bicyclic) bond motifs is 1. The summed E-state index contributed by atoms with van der Waals surface area (Å²) in [4.78, 5) is 24.8. The van der Waals surface area contributed by atoms with E-state index in [1.165, 1.54) is 11.7 Å². The molecule has 0 aliphatic heterocycles. The first-order valence-corrected chi connectivity index (χ1v) is 11.9. The van der Waals surface area contributed by atoms with E-state index in [0.29, 0.717) is 17.1 Å². The number of carbonyl (C=O) groups is 1. The van der Waals surface area contributed by atoms with Gasteiger partial charge in [0.25, 0.3) is 0 Å². The molecule has 1 heterocycles. The third-order valence-corrected chi connectivity index (χ3v) is 6.87. The van der Waals surface area contributed by atoms with Gasteiger partial charge in [-0.05, 0) is 36.8 Å². The molecule has 3 aromatic rings. The number of benzene rings is 2. The number of nitrogens with zero attached hydrogens (tertiary/aromatic N) is 2. The van der Waals surface area contributed by atoms with E-state index in [0.717, 1.165) is 32.1 Å². The molecule has 0 spiro atoms. The Bertz CT molecular complexity index is 1250. The average molecular weight is 450 g/mol. The average Bonchev–Trinajstić information content (AvgIpc) is 2.98. The summed E-state index contributed by atoms with van der Waals surface area (Å²) in [6, 6.07) is 10.8. The number of ether oxygens (including phenoxy) is 1. The number of amides is 1. The fraction of sp³-hybridized carbons (Fsp3) is 0.300. The number of sulfonamides is 1. The highest BCUT2D eigenvalue weighted by molar-refractivity contribution is 7.92. The van der Waals surface area contributed by atoms with Gasteiger partial charge in [-0.3, -0.25) is 13.9 Å². The predicted molar refractivity (Wildman–Crippen MR) is 120 cm³/mol. The summed E-state index contributed by atoms with van der Waals surface area (Å²) in [5, 5.41) is 2.78. The van der Waals surface area contributed by atoms with E-state index in [-0.39, 0.29) is 11.3 Å². The van der Waals surface area contributed by atoms with Crippen LogP contribution in [0, 0.1) is 0 Å².